The summed E-state index contributed by atoms with van der Waals surface area (Å²) in [5.41, 5.74) is 3.32. The molecule has 3 rings (SSSR count). The Kier molecular flexibility index (Phi) is 5.48. The van der Waals surface area contributed by atoms with Crippen molar-refractivity contribution in [1.29, 1.82) is 0 Å². The molecule has 1 unspecified atom stereocenters. The molecule has 24 heavy (non-hydrogen) atoms. The van der Waals surface area contributed by atoms with Gasteiger partial charge in [-0.15, -0.1) is 0 Å². The lowest BCUT2D eigenvalue weighted by molar-refractivity contribution is 0.0461. The van der Waals surface area contributed by atoms with Crippen LogP contribution in [0.5, 0.6) is 0 Å². The number of hydrogen-bond acceptors (Lipinski definition) is 5. The van der Waals surface area contributed by atoms with Crippen molar-refractivity contribution in [2.75, 3.05) is 39.9 Å². The summed E-state index contributed by atoms with van der Waals surface area (Å²) in [6.07, 6.45) is 3.31. The van der Waals surface area contributed by atoms with E-state index in [4.69, 9.17) is 9.72 Å². The van der Waals surface area contributed by atoms with Gasteiger partial charge in [0.05, 0.1) is 12.3 Å². The third-order valence-electron chi connectivity index (χ3n) is 4.94. The van der Waals surface area contributed by atoms with Crippen molar-refractivity contribution in [3.8, 4) is 0 Å². The summed E-state index contributed by atoms with van der Waals surface area (Å²) < 4.78 is 7.33. The average molecular weight is 331 g/mol. The maximum absolute atomic E-state index is 5.24. The number of aryl methyl sites for hydroxylation is 2. The van der Waals surface area contributed by atoms with E-state index in [-0.39, 0.29) is 0 Å². The fourth-order valence-corrected chi connectivity index (χ4v) is 3.61. The highest BCUT2D eigenvalue weighted by molar-refractivity contribution is 5.34. The maximum atomic E-state index is 5.24. The smallest absolute Gasteiger partial charge is 0.234 e. The Hall–Kier alpha value is -1.50. The first-order chi connectivity index (χ1) is 11.6. The molecule has 2 aromatic heterocycles. The number of hydrogen-bond donors (Lipinski definition) is 0. The van der Waals surface area contributed by atoms with E-state index < -0.39 is 0 Å². The van der Waals surface area contributed by atoms with E-state index in [1.54, 1.807) is 7.11 Å². The third-order valence-corrected chi connectivity index (χ3v) is 4.94. The number of imidazole rings is 1. The zero-order valence-corrected chi connectivity index (χ0v) is 15.3. The van der Waals surface area contributed by atoms with Crippen molar-refractivity contribution in [3.63, 3.8) is 0 Å². The van der Waals surface area contributed by atoms with Gasteiger partial charge in [-0.25, -0.2) is 9.97 Å². The predicted octanol–water partition coefficient (Wildman–Crippen LogP) is 1.89. The van der Waals surface area contributed by atoms with E-state index in [1.165, 1.54) is 12.1 Å². The molecule has 0 amide bonds. The normalized spacial score (nSPS) is 20.1. The Morgan fingerprint density at radius 2 is 2.08 bits per heavy atom. The van der Waals surface area contributed by atoms with Crippen LogP contribution in [0.3, 0.4) is 0 Å². The summed E-state index contributed by atoms with van der Waals surface area (Å²) in [7, 11) is 1.78. The largest absolute Gasteiger partial charge is 0.383 e. The van der Waals surface area contributed by atoms with Crippen LogP contribution in [0.15, 0.2) is 12.3 Å². The Morgan fingerprint density at radius 1 is 1.25 bits per heavy atom. The molecule has 0 saturated carbocycles. The van der Waals surface area contributed by atoms with Gasteiger partial charge in [-0.3, -0.25) is 14.2 Å². The lowest BCUT2D eigenvalue weighted by atomic mass is 10.1. The van der Waals surface area contributed by atoms with Crippen molar-refractivity contribution in [2.45, 2.75) is 39.8 Å². The lowest BCUT2D eigenvalue weighted by Gasteiger charge is -2.40. The average Bonchev–Trinajstić information content (AvgIpc) is 2.96. The van der Waals surface area contributed by atoms with Crippen molar-refractivity contribution >= 4 is 5.78 Å². The molecule has 0 aliphatic carbocycles. The minimum Gasteiger partial charge on any atom is -0.383 e. The lowest BCUT2D eigenvalue weighted by Crippen LogP contribution is -2.53. The van der Waals surface area contributed by atoms with Gasteiger partial charge in [0.25, 0.3) is 0 Å². The van der Waals surface area contributed by atoms with E-state index in [0.29, 0.717) is 6.04 Å². The third kappa shape index (κ3) is 3.77. The standard InChI is InChI=1S/C18H29N5O/c1-5-17-13-21(6-7-22(17)8-9-24-4)11-16-12-23-15(3)10-14(2)19-18(23)20-16/h10,12,17H,5-9,11,13H2,1-4H3. The molecule has 1 saturated heterocycles. The fourth-order valence-electron chi connectivity index (χ4n) is 3.61. The fraction of sp³-hybridized carbons (Fsp3) is 0.667. The number of fused-ring (bicyclic) bond motifs is 1. The molecule has 0 N–H and O–H groups in total. The van der Waals surface area contributed by atoms with Crippen LogP contribution < -0.4 is 0 Å². The van der Waals surface area contributed by atoms with Gasteiger partial charge in [-0.05, 0) is 26.3 Å². The van der Waals surface area contributed by atoms with Crippen LogP contribution >= 0.6 is 0 Å². The second-order valence-corrected chi connectivity index (χ2v) is 6.77. The predicted molar refractivity (Wildman–Crippen MR) is 95.3 cm³/mol. The van der Waals surface area contributed by atoms with Crippen molar-refractivity contribution < 1.29 is 4.74 Å². The summed E-state index contributed by atoms with van der Waals surface area (Å²) >= 11 is 0. The summed E-state index contributed by atoms with van der Waals surface area (Å²) in [6, 6.07) is 2.70. The maximum Gasteiger partial charge on any atom is 0.234 e. The second kappa shape index (κ2) is 7.59. The quantitative estimate of drug-likeness (QED) is 0.809. The van der Waals surface area contributed by atoms with Crippen molar-refractivity contribution in [3.05, 3.63) is 29.3 Å². The molecule has 6 heteroatoms. The Bertz CT molecular complexity index is 683. The summed E-state index contributed by atoms with van der Waals surface area (Å²) in [5.74, 6) is 0.813. The van der Waals surface area contributed by atoms with Gasteiger partial charge in [-0.1, -0.05) is 6.92 Å². The number of methoxy groups -OCH3 is 1. The van der Waals surface area contributed by atoms with Gasteiger partial charge in [0.2, 0.25) is 5.78 Å². The van der Waals surface area contributed by atoms with Gasteiger partial charge < -0.3 is 4.74 Å². The molecule has 0 spiro atoms. The summed E-state index contributed by atoms with van der Waals surface area (Å²) in [5, 5.41) is 0. The molecule has 0 aromatic carbocycles. The molecule has 1 aliphatic rings. The number of rotatable bonds is 6. The van der Waals surface area contributed by atoms with Gasteiger partial charge in [0.15, 0.2) is 0 Å². The topological polar surface area (TPSA) is 45.9 Å². The Labute approximate surface area is 144 Å². The van der Waals surface area contributed by atoms with Gasteiger partial charge in [-0.2, -0.15) is 0 Å². The first kappa shape index (κ1) is 17.3. The van der Waals surface area contributed by atoms with Gasteiger partial charge in [0, 0.05) is 63.5 Å². The minimum atomic E-state index is 0.605. The zero-order valence-electron chi connectivity index (χ0n) is 15.3. The molecular formula is C18H29N5O. The molecule has 1 atom stereocenters. The summed E-state index contributed by atoms with van der Waals surface area (Å²) in [6.45, 7) is 12.4. The second-order valence-electron chi connectivity index (χ2n) is 6.77. The van der Waals surface area contributed by atoms with Gasteiger partial charge >= 0.3 is 0 Å². The van der Waals surface area contributed by atoms with Crippen LogP contribution in [0.4, 0.5) is 0 Å². The number of ether oxygens (including phenoxy) is 1. The molecule has 0 radical (unpaired) electrons. The van der Waals surface area contributed by atoms with Crippen LogP contribution in [0, 0.1) is 13.8 Å². The van der Waals surface area contributed by atoms with Crippen molar-refractivity contribution in [2.24, 2.45) is 0 Å². The van der Waals surface area contributed by atoms with E-state index in [2.05, 4.69) is 45.3 Å². The Balaban J connectivity index is 1.67. The molecule has 1 fully saturated rings. The highest BCUT2D eigenvalue weighted by Crippen LogP contribution is 2.16. The van der Waals surface area contributed by atoms with Crippen LogP contribution in [0.2, 0.25) is 0 Å². The molecule has 132 valence electrons. The molecule has 6 nitrogen and oxygen atoms in total. The van der Waals surface area contributed by atoms with Crippen LogP contribution in [-0.4, -0.2) is 70.1 Å². The van der Waals surface area contributed by atoms with Crippen LogP contribution in [0.25, 0.3) is 5.78 Å². The molecular weight excluding hydrogens is 302 g/mol. The monoisotopic (exact) mass is 331 g/mol. The molecule has 2 aromatic rings. The molecule has 1 aliphatic heterocycles. The number of piperazine rings is 1. The zero-order chi connectivity index (χ0) is 17.1. The highest BCUT2D eigenvalue weighted by atomic mass is 16.5. The van der Waals surface area contributed by atoms with Crippen molar-refractivity contribution in [1.82, 2.24) is 24.2 Å². The molecule has 0 bridgehead atoms. The number of nitrogens with zero attached hydrogens (tertiary/aromatic N) is 5. The van der Waals surface area contributed by atoms with E-state index in [9.17, 15) is 0 Å². The summed E-state index contributed by atoms with van der Waals surface area (Å²) in [4.78, 5) is 14.3. The van der Waals surface area contributed by atoms with E-state index in [1.807, 2.05) is 6.92 Å². The molecule has 3 heterocycles. The minimum absolute atomic E-state index is 0.605. The van der Waals surface area contributed by atoms with Crippen LogP contribution in [0.1, 0.15) is 30.4 Å². The SMILES string of the molecule is CCC1CN(Cc2cn3c(C)cc(C)nc3n2)CCN1CCOC. The first-order valence-corrected chi connectivity index (χ1v) is 8.88. The van der Waals surface area contributed by atoms with Gasteiger partial charge in [0.1, 0.15) is 0 Å². The van der Waals surface area contributed by atoms with E-state index >= 15 is 0 Å². The first-order valence-electron chi connectivity index (χ1n) is 8.88. The Morgan fingerprint density at radius 3 is 2.83 bits per heavy atom. The van der Waals surface area contributed by atoms with Crippen LogP contribution in [-0.2, 0) is 11.3 Å². The van der Waals surface area contributed by atoms with E-state index in [0.717, 1.165) is 56.5 Å². The number of aromatic nitrogens is 3. The highest BCUT2D eigenvalue weighted by Gasteiger charge is 2.25.